The number of hydrogen-bond acceptors (Lipinski definition) is 3. The number of alkyl halides is 3. The molecule has 1 saturated heterocycles. The maximum Gasteiger partial charge on any atom is 0.416 e. The molecule has 0 spiro atoms. The summed E-state index contributed by atoms with van der Waals surface area (Å²) in [5.74, 6) is -0.313. The maximum absolute atomic E-state index is 14.1. The molecule has 3 aromatic rings. The van der Waals surface area contributed by atoms with E-state index in [4.69, 9.17) is 0 Å². The summed E-state index contributed by atoms with van der Waals surface area (Å²) in [5.41, 5.74) is 2.93. The molecule has 1 aliphatic heterocycles. The summed E-state index contributed by atoms with van der Waals surface area (Å²) in [7, 11) is 0. The highest BCUT2D eigenvalue weighted by Crippen LogP contribution is 2.37. The molecule has 34 heavy (non-hydrogen) atoms. The largest absolute Gasteiger partial charge is 0.416 e. The highest BCUT2D eigenvalue weighted by atomic mass is 19.4. The summed E-state index contributed by atoms with van der Waals surface area (Å²) in [6, 6.07) is 12.0. The molecule has 0 unspecified atom stereocenters. The zero-order valence-electron chi connectivity index (χ0n) is 19.4. The van der Waals surface area contributed by atoms with Gasteiger partial charge in [-0.15, -0.1) is 0 Å². The molecular formula is C26H29F4N3O. The van der Waals surface area contributed by atoms with Crippen molar-refractivity contribution in [1.82, 2.24) is 14.7 Å². The van der Waals surface area contributed by atoms with Crippen molar-refractivity contribution in [2.24, 2.45) is 5.41 Å². The average molecular weight is 476 g/mol. The van der Waals surface area contributed by atoms with Crippen molar-refractivity contribution < 1.29 is 22.7 Å². The zero-order chi connectivity index (χ0) is 24.5. The normalized spacial score (nSPS) is 16.7. The minimum atomic E-state index is -4.39. The van der Waals surface area contributed by atoms with Gasteiger partial charge in [0.15, 0.2) is 0 Å². The van der Waals surface area contributed by atoms with Gasteiger partial charge in [-0.3, -0.25) is 4.90 Å². The minimum Gasteiger partial charge on any atom is -0.396 e. The van der Waals surface area contributed by atoms with Crippen molar-refractivity contribution >= 4 is 0 Å². The van der Waals surface area contributed by atoms with Crippen LogP contribution in [0.15, 0.2) is 48.5 Å². The number of likely N-dealkylation sites (tertiary alicyclic amines) is 1. The number of aromatic nitrogens is 2. The van der Waals surface area contributed by atoms with E-state index in [9.17, 15) is 22.7 Å². The highest BCUT2D eigenvalue weighted by molar-refractivity contribution is 5.42. The van der Waals surface area contributed by atoms with E-state index in [1.807, 2.05) is 24.6 Å². The molecular weight excluding hydrogens is 446 g/mol. The molecule has 2 heterocycles. The summed E-state index contributed by atoms with van der Waals surface area (Å²) in [6.07, 6.45) is -2.72. The van der Waals surface area contributed by atoms with E-state index in [2.05, 4.69) is 10.00 Å². The zero-order valence-corrected chi connectivity index (χ0v) is 19.4. The standard InChI is InChI=1S/C26H29F4N3O/c1-18-12-19(2)33(31-18)24-7-6-23(27)14-21(24)16-32-10-8-25(17-34,9-11-32)15-20-4-3-5-22(13-20)26(28,29)30/h3-7,12-14,34H,8-11,15-17H2,1-2H3. The van der Waals surface area contributed by atoms with E-state index in [1.54, 1.807) is 12.1 Å². The molecule has 0 radical (unpaired) electrons. The quantitative estimate of drug-likeness (QED) is 0.481. The molecule has 1 aliphatic rings. The molecule has 8 heteroatoms. The van der Waals surface area contributed by atoms with Crippen molar-refractivity contribution in [1.29, 1.82) is 0 Å². The summed E-state index contributed by atoms with van der Waals surface area (Å²) < 4.78 is 55.2. The lowest BCUT2D eigenvalue weighted by atomic mass is 9.74. The van der Waals surface area contributed by atoms with Gasteiger partial charge in [0.05, 0.1) is 16.9 Å². The summed E-state index contributed by atoms with van der Waals surface area (Å²) >= 11 is 0. The molecule has 0 aliphatic carbocycles. The monoisotopic (exact) mass is 475 g/mol. The Kier molecular flexibility index (Phi) is 6.82. The van der Waals surface area contributed by atoms with Crippen LogP contribution < -0.4 is 0 Å². The van der Waals surface area contributed by atoms with Crippen LogP contribution in [0.3, 0.4) is 0 Å². The highest BCUT2D eigenvalue weighted by Gasteiger charge is 2.36. The van der Waals surface area contributed by atoms with Gasteiger partial charge in [0.25, 0.3) is 0 Å². The van der Waals surface area contributed by atoms with E-state index in [-0.39, 0.29) is 12.4 Å². The number of aliphatic hydroxyl groups excluding tert-OH is 1. The van der Waals surface area contributed by atoms with E-state index < -0.39 is 17.2 Å². The summed E-state index contributed by atoms with van der Waals surface area (Å²) in [6.45, 7) is 5.62. The molecule has 0 amide bonds. The number of aliphatic hydroxyl groups is 1. The molecule has 1 N–H and O–H groups in total. The molecule has 182 valence electrons. The second kappa shape index (κ2) is 9.50. The molecule has 1 aromatic heterocycles. The van der Waals surface area contributed by atoms with Gasteiger partial charge in [0.2, 0.25) is 0 Å². The molecule has 0 atom stereocenters. The van der Waals surface area contributed by atoms with E-state index >= 15 is 0 Å². The predicted molar refractivity (Wildman–Crippen MR) is 122 cm³/mol. The van der Waals surface area contributed by atoms with Crippen molar-refractivity contribution in [2.75, 3.05) is 19.7 Å². The van der Waals surface area contributed by atoms with Crippen LogP contribution in [0, 0.1) is 25.1 Å². The minimum absolute atomic E-state index is 0.0892. The smallest absolute Gasteiger partial charge is 0.396 e. The second-order valence-electron chi connectivity index (χ2n) is 9.42. The van der Waals surface area contributed by atoms with Gasteiger partial charge in [0, 0.05) is 18.8 Å². The Morgan fingerprint density at radius 3 is 2.38 bits per heavy atom. The van der Waals surface area contributed by atoms with Crippen LogP contribution in [0.4, 0.5) is 17.6 Å². The number of benzene rings is 2. The number of aryl methyl sites for hydroxylation is 2. The van der Waals surface area contributed by atoms with Crippen molar-refractivity contribution in [3.8, 4) is 5.69 Å². The third-order valence-electron chi connectivity index (χ3n) is 6.76. The number of rotatable bonds is 6. The van der Waals surface area contributed by atoms with Crippen LogP contribution in [0.2, 0.25) is 0 Å². The van der Waals surface area contributed by atoms with Gasteiger partial charge >= 0.3 is 6.18 Å². The Labute approximate surface area is 196 Å². The first-order valence-electron chi connectivity index (χ1n) is 11.4. The molecule has 1 fully saturated rings. The first kappa shape index (κ1) is 24.4. The Morgan fingerprint density at radius 2 is 1.76 bits per heavy atom. The first-order chi connectivity index (χ1) is 16.1. The Morgan fingerprint density at radius 1 is 1.03 bits per heavy atom. The third kappa shape index (κ3) is 5.33. The van der Waals surface area contributed by atoms with Crippen LogP contribution in [-0.2, 0) is 19.1 Å². The van der Waals surface area contributed by atoms with Crippen LogP contribution in [0.25, 0.3) is 5.69 Å². The number of nitrogens with zero attached hydrogens (tertiary/aromatic N) is 3. The molecule has 0 saturated carbocycles. The third-order valence-corrected chi connectivity index (χ3v) is 6.76. The average Bonchev–Trinajstić information content (AvgIpc) is 3.12. The topological polar surface area (TPSA) is 41.3 Å². The Hall–Kier alpha value is -2.71. The van der Waals surface area contributed by atoms with Gasteiger partial charge in [0.1, 0.15) is 5.82 Å². The molecule has 4 rings (SSSR count). The van der Waals surface area contributed by atoms with Gasteiger partial charge in [-0.05, 0) is 93.1 Å². The first-order valence-corrected chi connectivity index (χ1v) is 11.4. The van der Waals surface area contributed by atoms with E-state index in [0.29, 0.717) is 44.5 Å². The lowest BCUT2D eigenvalue weighted by Gasteiger charge is -2.41. The van der Waals surface area contributed by atoms with Crippen LogP contribution in [-0.4, -0.2) is 39.5 Å². The van der Waals surface area contributed by atoms with Crippen LogP contribution in [0.1, 0.15) is 40.9 Å². The molecule has 2 aromatic carbocycles. The van der Waals surface area contributed by atoms with Crippen molar-refractivity contribution in [2.45, 2.75) is 45.8 Å². The van der Waals surface area contributed by atoms with Gasteiger partial charge in [-0.1, -0.05) is 18.2 Å². The predicted octanol–water partition coefficient (Wildman–Crippen LogP) is 5.46. The van der Waals surface area contributed by atoms with Crippen LogP contribution >= 0.6 is 0 Å². The summed E-state index contributed by atoms with van der Waals surface area (Å²) in [5, 5.41) is 14.7. The van der Waals surface area contributed by atoms with Crippen molar-refractivity contribution in [3.63, 3.8) is 0 Å². The fourth-order valence-electron chi connectivity index (χ4n) is 4.87. The maximum atomic E-state index is 14.1. The van der Waals surface area contributed by atoms with Gasteiger partial charge in [-0.2, -0.15) is 18.3 Å². The van der Waals surface area contributed by atoms with Crippen LogP contribution in [0.5, 0.6) is 0 Å². The number of hydrogen-bond donors (Lipinski definition) is 1. The van der Waals surface area contributed by atoms with E-state index in [1.165, 1.54) is 24.3 Å². The second-order valence-corrected chi connectivity index (χ2v) is 9.42. The fraction of sp³-hybridized carbons (Fsp3) is 0.423. The lowest BCUT2D eigenvalue weighted by molar-refractivity contribution is -0.137. The fourth-order valence-corrected chi connectivity index (χ4v) is 4.87. The van der Waals surface area contributed by atoms with Gasteiger partial charge in [-0.25, -0.2) is 9.07 Å². The SMILES string of the molecule is Cc1cc(C)n(-c2ccc(F)cc2CN2CCC(CO)(Cc3cccc(C(F)(F)F)c3)CC2)n1. The molecule has 0 bridgehead atoms. The summed E-state index contributed by atoms with van der Waals surface area (Å²) in [4.78, 5) is 2.20. The Balaban J connectivity index is 1.48. The number of piperidine rings is 1. The van der Waals surface area contributed by atoms with Crippen molar-refractivity contribution in [3.05, 3.63) is 82.4 Å². The van der Waals surface area contributed by atoms with Gasteiger partial charge < -0.3 is 5.11 Å². The number of halogens is 4. The molecule has 4 nitrogen and oxygen atoms in total. The van der Waals surface area contributed by atoms with E-state index in [0.717, 1.165) is 28.7 Å². The Bertz CT molecular complexity index is 1150. The lowest BCUT2D eigenvalue weighted by Crippen LogP contribution is -2.43.